The summed E-state index contributed by atoms with van der Waals surface area (Å²) in [7, 11) is 1.73. The zero-order chi connectivity index (χ0) is 26.8. The highest BCUT2D eigenvalue weighted by molar-refractivity contribution is 5.75. The maximum absolute atomic E-state index is 13.5. The Morgan fingerprint density at radius 3 is 2.68 bits per heavy atom. The number of fused-ring (bicyclic) bond motifs is 6. The molecule has 1 aliphatic rings. The van der Waals surface area contributed by atoms with Crippen LogP contribution in [0.25, 0.3) is 22.5 Å². The highest BCUT2D eigenvalue weighted by Gasteiger charge is 2.25. The molecule has 0 unspecified atom stereocenters. The maximum atomic E-state index is 13.5. The molecule has 11 nitrogen and oxygen atoms in total. The van der Waals surface area contributed by atoms with E-state index < -0.39 is 31.6 Å². The number of halogens is 4. The molecule has 200 valence electrons. The molecule has 1 N–H and O–H groups in total. The number of pyridine rings is 1. The van der Waals surface area contributed by atoms with Crippen molar-refractivity contribution >= 4 is 11.6 Å². The molecule has 4 bridgehead atoms. The van der Waals surface area contributed by atoms with Gasteiger partial charge in [0, 0.05) is 37.5 Å². The van der Waals surface area contributed by atoms with Gasteiger partial charge in [-0.15, -0.1) is 0 Å². The van der Waals surface area contributed by atoms with E-state index in [9.17, 15) is 17.6 Å². The average Bonchev–Trinajstić information content (AvgIpc) is 3.46. The molecule has 0 saturated heterocycles. The number of alkyl halides is 4. The molecule has 0 aliphatic carbocycles. The number of hydrogen-bond acceptors (Lipinski definition) is 9. The van der Waals surface area contributed by atoms with Crippen LogP contribution < -0.4 is 19.5 Å². The first-order chi connectivity index (χ1) is 18.3. The SMILES string of the molecule is C[C@H]1CCOc2c(cnn2C)-c2nccc(n2)Nc2cc(c(-c3cnn(C(F)F)c3OCC(F)F)cn2)O1. The molecule has 0 aromatic carbocycles. The Hall–Kier alpha value is -4.43. The molecule has 0 fully saturated rings. The van der Waals surface area contributed by atoms with Gasteiger partial charge in [0.2, 0.25) is 11.8 Å². The number of nitrogens with zero attached hydrogens (tertiary/aromatic N) is 7. The van der Waals surface area contributed by atoms with Crippen LogP contribution in [0.1, 0.15) is 19.9 Å². The predicted octanol–water partition coefficient (Wildman–Crippen LogP) is 4.47. The fourth-order valence-corrected chi connectivity index (χ4v) is 3.80. The highest BCUT2D eigenvalue weighted by Crippen LogP contribution is 2.40. The minimum absolute atomic E-state index is 0.0217. The fraction of sp³-hybridized carbons (Fsp3) is 0.348. The largest absolute Gasteiger partial charge is 0.490 e. The first-order valence-electron chi connectivity index (χ1n) is 11.5. The first kappa shape index (κ1) is 25.2. The van der Waals surface area contributed by atoms with E-state index in [1.807, 2.05) is 0 Å². The second-order valence-corrected chi connectivity index (χ2v) is 8.30. The number of nitrogens with one attached hydrogen (secondary N) is 1. The van der Waals surface area contributed by atoms with E-state index in [1.165, 1.54) is 6.20 Å². The third kappa shape index (κ3) is 5.17. The molecule has 1 aliphatic heterocycles. The molecular formula is C23H22F4N8O3. The van der Waals surface area contributed by atoms with E-state index in [4.69, 9.17) is 14.2 Å². The smallest absolute Gasteiger partial charge is 0.336 e. The number of anilines is 2. The number of ether oxygens (including phenoxy) is 3. The van der Waals surface area contributed by atoms with Crippen molar-refractivity contribution in [2.45, 2.75) is 32.4 Å². The summed E-state index contributed by atoms with van der Waals surface area (Å²) in [4.78, 5) is 13.2. The number of aryl methyl sites for hydroxylation is 1. The Morgan fingerprint density at radius 1 is 1.08 bits per heavy atom. The quantitative estimate of drug-likeness (QED) is 0.371. The van der Waals surface area contributed by atoms with E-state index in [-0.39, 0.29) is 28.2 Å². The zero-order valence-corrected chi connectivity index (χ0v) is 20.2. The fourth-order valence-electron chi connectivity index (χ4n) is 3.80. The predicted molar refractivity (Wildman–Crippen MR) is 126 cm³/mol. The number of aromatic nitrogens is 7. The van der Waals surface area contributed by atoms with Crippen LogP contribution in [0.2, 0.25) is 0 Å². The Kier molecular flexibility index (Phi) is 6.98. The van der Waals surface area contributed by atoms with E-state index >= 15 is 0 Å². The van der Waals surface area contributed by atoms with Crippen LogP contribution in [0.15, 0.2) is 36.9 Å². The van der Waals surface area contributed by atoms with Crippen molar-refractivity contribution in [2.24, 2.45) is 7.05 Å². The summed E-state index contributed by atoms with van der Waals surface area (Å²) in [6, 6.07) is 3.18. The molecule has 0 spiro atoms. The van der Waals surface area contributed by atoms with E-state index in [0.717, 1.165) is 6.20 Å². The lowest BCUT2D eigenvalue weighted by molar-refractivity contribution is 0.0318. The van der Waals surface area contributed by atoms with Crippen molar-refractivity contribution in [3.63, 3.8) is 0 Å². The van der Waals surface area contributed by atoms with Gasteiger partial charge in [-0.05, 0) is 13.0 Å². The summed E-state index contributed by atoms with van der Waals surface area (Å²) >= 11 is 0. The summed E-state index contributed by atoms with van der Waals surface area (Å²) in [5.74, 6) is 1.31. The van der Waals surface area contributed by atoms with Gasteiger partial charge < -0.3 is 19.5 Å². The number of rotatable bonds is 5. The van der Waals surface area contributed by atoms with Gasteiger partial charge in [-0.2, -0.15) is 23.7 Å². The van der Waals surface area contributed by atoms with Crippen molar-refractivity contribution in [1.29, 1.82) is 0 Å². The van der Waals surface area contributed by atoms with Gasteiger partial charge in [0.15, 0.2) is 12.4 Å². The Bertz CT molecular complexity index is 1430. The molecule has 0 saturated carbocycles. The molecule has 5 heterocycles. The van der Waals surface area contributed by atoms with Crippen molar-refractivity contribution in [3.8, 4) is 40.0 Å². The second-order valence-electron chi connectivity index (χ2n) is 8.30. The third-order valence-corrected chi connectivity index (χ3v) is 5.57. The number of hydrogen-bond donors (Lipinski definition) is 1. The summed E-state index contributed by atoms with van der Waals surface area (Å²) in [6.45, 7) is -2.14. The van der Waals surface area contributed by atoms with Crippen LogP contribution >= 0.6 is 0 Å². The van der Waals surface area contributed by atoms with Crippen molar-refractivity contribution in [1.82, 2.24) is 34.5 Å². The maximum Gasteiger partial charge on any atom is 0.336 e. The lowest BCUT2D eigenvalue weighted by Gasteiger charge is -2.20. The van der Waals surface area contributed by atoms with Crippen molar-refractivity contribution in [2.75, 3.05) is 18.5 Å². The molecule has 1 atom stereocenters. The molecule has 38 heavy (non-hydrogen) atoms. The summed E-state index contributed by atoms with van der Waals surface area (Å²) < 4.78 is 71.7. The average molecular weight is 534 g/mol. The minimum Gasteiger partial charge on any atom is -0.490 e. The topological polar surface area (TPSA) is 114 Å². The monoisotopic (exact) mass is 534 g/mol. The zero-order valence-electron chi connectivity index (χ0n) is 20.2. The normalized spacial score (nSPS) is 15.3. The molecule has 0 radical (unpaired) electrons. The summed E-state index contributed by atoms with van der Waals surface area (Å²) in [5.41, 5.74) is 0.857. The molecular weight excluding hydrogens is 512 g/mol. The Labute approximate surface area is 213 Å². The Balaban J connectivity index is 1.56. The second kappa shape index (κ2) is 10.5. The van der Waals surface area contributed by atoms with Gasteiger partial charge >= 0.3 is 6.55 Å². The van der Waals surface area contributed by atoms with Crippen LogP contribution in [-0.4, -0.2) is 60.3 Å². The van der Waals surface area contributed by atoms with E-state index in [1.54, 1.807) is 43.2 Å². The van der Waals surface area contributed by atoms with Gasteiger partial charge in [-0.3, -0.25) is 0 Å². The van der Waals surface area contributed by atoms with Crippen LogP contribution in [-0.2, 0) is 7.05 Å². The van der Waals surface area contributed by atoms with Crippen molar-refractivity contribution in [3.05, 3.63) is 36.9 Å². The highest BCUT2D eigenvalue weighted by atomic mass is 19.3. The van der Waals surface area contributed by atoms with Gasteiger partial charge in [-0.1, -0.05) is 0 Å². The van der Waals surface area contributed by atoms with Crippen LogP contribution in [0.3, 0.4) is 0 Å². The van der Waals surface area contributed by atoms with Gasteiger partial charge in [0.1, 0.15) is 22.9 Å². The first-order valence-corrected chi connectivity index (χ1v) is 11.5. The van der Waals surface area contributed by atoms with Crippen LogP contribution in [0.5, 0.6) is 17.5 Å². The van der Waals surface area contributed by atoms with E-state index in [2.05, 4.69) is 30.5 Å². The lowest BCUT2D eigenvalue weighted by atomic mass is 10.1. The third-order valence-electron chi connectivity index (χ3n) is 5.57. The van der Waals surface area contributed by atoms with Gasteiger partial charge in [-0.25, -0.2) is 28.4 Å². The summed E-state index contributed by atoms with van der Waals surface area (Å²) in [6.07, 6.45) is 2.77. The summed E-state index contributed by atoms with van der Waals surface area (Å²) in [5, 5.41) is 10.9. The van der Waals surface area contributed by atoms with Crippen LogP contribution in [0.4, 0.5) is 29.2 Å². The molecule has 4 aromatic rings. The van der Waals surface area contributed by atoms with Crippen molar-refractivity contribution < 1.29 is 31.8 Å². The molecule has 15 heteroatoms. The van der Waals surface area contributed by atoms with E-state index in [0.29, 0.717) is 35.3 Å². The standard InChI is InChI=1S/C23H22F4N8O3/c1-12-4-6-36-21-15(10-30-34(21)2)20-28-5-3-18(33-20)32-19-7-16(38-12)13(8-29-19)14-9-31-35(23(26)27)22(14)37-11-17(24)25/h3,5,7-10,12,17,23H,4,6,11H2,1-2H3,(H,28,29,32,33)/t12-/m0/s1. The minimum atomic E-state index is -3.11. The van der Waals surface area contributed by atoms with Gasteiger partial charge in [0.05, 0.1) is 30.7 Å². The van der Waals surface area contributed by atoms with Gasteiger partial charge in [0.25, 0.3) is 6.43 Å². The Morgan fingerprint density at radius 2 is 1.89 bits per heavy atom. The molecule has 4 aromatic heterocycles. The lowest BCUT2D eigenvalue weighted by Crippen LogP contribution is -2.17. The molecule has 5 rings (SSSR count). The van der Waals surface area contributed by atoms with Crippen LogP contribution in [0, 0.1) is 0 Å². The molecule has 0 amide bonds.